The molecule has 0 amide bonds. The summed E-state index contributed by atoms with van der Waals surface area (Å²) in [5, 5.41) is 12.1. The molecular formula is C22H16N2O5S. The van der Waals surface area contributed by atoms with Gasteiger partial charge in [0.25, 0.3) is 15.7 Å². The van der Waals surface area contributed by atoms with Crippen LogP contribution in [0.3, 0.4) is 0 Å². The van der Waals surface area contributed by atoms with E-state index in [1.807, 2.05) is 25.1 Å². The van der Waals surface area contributed by atoms with E-state index < -0.39 is 14.9 Å². The first-order chi connectivity index (χ1) is 14.3. The summed E-state index contributed by atoms with van der Waals surface area (Å²) in [6.07, 6.45) is 1.99. The molecule has 7 nitrogen and oxygen atoms in total. The van der Waals surface area contributed by atoms with E-state index in [1.54, 1.807) is 24.4 Å². The van der Waals surface area contributed by atoms with Crippen LogP contribution in [0.4, 0.5) is 5.69 Å². The standard InChI is InChI=1S/C22H16N2O5S/c1-14-6-8-18(9-7-14)30(27,28)23-13-16-10-15-4-2-3-5-20(15)29-21-12-17(24(25)26)11-19(23)22(16)21/h2-9,11-13H,10H2,1H3. The smallest absolute Gasteiger partial charge is 0.275 e. The van der Waals surface area contributed by atoms with E-state index in [1.165, 1.54) is 24.3 Å². The van der Waals surface area contributed by atoms with Crippen molar-refractivity contribution in [3.05, 3.63) is 93.7 Å². The molecule has 150 valence electrons. The Balaban J connectivity index is 1.81. The van der Waals surface area contributed by atoms with Crippen molar-refractivity contribution in [2.75, 3.05) is 0 Å². The number of hydrogen-bond acceptors (Lipinski definition) is 5. The molecule has 0 saturated heterocycles. The average Bonchev–Trinajstić information content (AvgIpc) is 3.00. The number of nitrogens with zero attached hydrogens (tertiary/aromatic N) is 2. The van der Waals surface area contributed by atoms with Crippen molar-refractivity contribution in [1.82, 2.24) is 3.97 Å². The van der Waals surface area contributed by atoms with Gasteiger partial charge in [-0.1, -0.05) is 35.9 Å². The second-order valence-corrected chi connectivity index (χ2v) is 9.06. The lowest BCUT2D eigenvalue weighted by molar-refractivity contribution is -0.384. The lowest BCUT2D eigenvalue weighted by Crippen LogP contribution is -2.12. The minimum absolute atomic E-state index is 0.114. The van der Waals surface area contributed by atoms with Crippen LogP contribution in [-0.4, -0.2) is 17.3 Å². The number of aromatic nitrogens is 1. The number of ether oxygens (including phenoxy) is 1. The molecule has 0 atom stereocenters. The molecule has 0 bridgehead atoms. The quantitative estimate of drug-likeness (QED) is 0.309. The van der Waals surface area contributed by atoms with Crippen LogP contribution in [0.15, 0.2) is 71.8 Å². The van der Waals surface area contributed by atoms with Gasteiger partial charge < -0.3 is 4.74 Å². The molecule has 0 fully saturated rings. The number of rotatable bonds is 3. The summed E-state index contributed by atoms with van der Waals surface area (Å²) in [4.78, 5) is 11.1. The summed E-state index contributed by atoms with van der Waals surface area (Å²) < 4.78 is 33.9. The van der Waals surface area contributed by atoms with Gasteiger partial charge in [-0.15, -0.1) is 0 Å². The van der Waals surface area contributed by atoms with Crippen LogP contribution < -0.4 is 4.74 Å². The maximum atomic E-state index is 13.4. The van der Waals surface area contributed by atoms with Gasteiger partial charge in [-0.05, 0) is 36.2 Å². The minimum Gasteiger partial charge on any atom is -0.456 e. The molecule has 0 unspecified atom stereocenters. The molecule has 8 heteroatoms. The third-order valence-electron chi connectivity index (χ3n) is 5.26. The fourth-order valence-corrected chi connectivity index (χ4v) is 5.15. The highest BCUT2D eigenvalue weighted by Gasteiger charge is 2.28. The molecular weight excluding hydrogens is 404 g/mol. The number of fused-ring (bicyclic) bond motifs is 1. The van der Waals surface area contributed by atoms with Crippen molar-refractivity contribution < 1.29 is 18.1 Å². The van der Waals surface area contributed by atoms with Gasteiger partial charge in [0.05, 0.1) is 21.4 Å². The molecule has 1 aliphatic heterocycles. The summed E-state index contributed by atoms with van der Waals surface area (Å²) in [5.41, 5.74) is 2.53. The highest BCUT2D eigenvalue weighted by Crippen LogP contribution is 2.43. The Morgan fingerprint density at radius 2 is 1.73 bits per heavy atom. The zero-order chi connectivity index (χ0) is 21.0. The van der Waals surface area contributed by atoms with Gasteiger partial charge in [-0.25, -0.2) is 12.4 Å². The SMILES string of the molecule is Cc1ccc(S(=O)(=O)n2cc3c4c(cc([N+](=O)[O-])cc42)Oc2ccccc2C3)cc1. The molecule has 0 saturated carbocycles. The van der Waals surface area contributed by atoms with Gasteiger partial charge in [0.2, 0.25) is 0 Å². The van der Waals surface area contributed by atoms with E-state index in [9.17, 15) is 18.5 Å². The van der Waals surface area contributed by atoms with E-state index in [-0.39, 0.29) is 21.8 Å². The summed E-state index contributed by atoms with van der Waals surface area (Å²) in [6, 6.07) is 16.5. The zero-order valence-corrected chi connectivity index (χ0v) is 16.7. The number of hydrogen-bond donors (Lipinski definition) is 0. The first-order valence-electron chi connectivity index (χ1n) is 9.25. The topological polar surface area (TPSA) is 91.4 Å². The molecule has 1 aromatic heterocycles. The third kappa shape index (κ3) is 2.76. The summed E-state index contributed by atoms with van der Waals surface area (Å²) in [6.45, 7) is 1.87. The first kappa shape index (κ1) is 18.4. The van der Waals surface area contributed by atoms with Crippen molar-refractivity contribution in [2.45, 2.75) is 18.2 Å². The summed E-state index contributed by atoms with van der Waals surface area (Å²) in [5.74, 6) is 0.875. The maximum absolute atomic E-state index is 13.4. The van der Waals surface area contributed by atoms with Crippen LogP contribution >= 0.6 is 0 Å². The van der Waals surface area contributed by atoms with Gasteiger partial charge in [0.15, 0.2) is 0 Å². The molecule has 0 aliphatic carbocycles. The fourth-order valence-electron chi connectivity index (χ4n) is 3.77. The van der Waals surface area contributed by atoms with Crippen molar-refractivity contribution in [3.63, 3.8) is 0 Å². The fraction of sp³-hybridized carbons (Fsp3) is 0.0909. The molecule has 3 aromatic carbocycles. The number of non-ortho nitro benzene ring substituents is 1. The Kier molecular flexibility index (Phi) is 3.94. The Hall–Kier alpha value is -3.65. The summed E-state index contributed by atoms with van der Waals surface area (Å²) >= 11 is 0. The molecule has 0 spiro atoms. The molecule has 0 N–H and O–H groups in total. The molecule has 5 rings (SSSR count). The number of nitro groups is 1. The van der Waals surface area contributed by atoms with Crippen molar-refractivity contribution in [2.24, 2.45) is 0 Å². The Labute approximate surface area is 172 Å². The predicted octanol–water partition coefficient (Wildman–Crippen LogP) is 4.79. The van der Waals surface area contributed by atoms with Crippen molar-refractivity contribution >= 4 is 26.6 Å². The molecule has 30 heavy (non-hydrogen) atoms. The summed E-state index contributed by atoms with van der Waals surface area (Å²) in [7, 11) is -3.95. The molecule has 1 aliphatic rings. The second kappa shape index (κ2) is 6.43. The lowest BCUT2D eigenvalue weighted by atomic mass is 10.0. The first-order valence-corrected chi connectivity index (χ1v) is 10.7. The van der Waals surface area contributed by atoms with E-state index >= 15 is 0 Å². The average molecular weight is 420 g/mol. The van der Waals surface area contributed by atoms with Gasteiger partial charge >= 0.3 is 0 Å². The lowest BCUT2D eigenvalue weighted by Gasteiger charge is -2.11. The number of aryl methyl sites for hydroxylation is 1. The van der Waals surface area contributed by atoms with Gasteiger partial charge in [-0.2, -0.15) is 0 Å². The van der Waals surface area contributed by atoms with E-state index in [0.717, 1.165) is 20.7 Å². The van der Waals surface area contributed by atoms with E-state index in [4.69, 9.17) is 4.74 Å². The van der Waals surface area contributed by atoms with Crippen LogP contribution in [0.25, 0.3) is 10.9 Å². The second-order valence-electron chi connectivity index (χ2n) is 7.25. The number of nitro benzene ring substituents is 1. The van der Waals surface area contributed by atoms with Crippen LogP contribution in [0, 0.1) is 17.0 Å². The van der Waals surface area contributed by atoms with Crippen molar-refractivity contribution in [3.8, 4) is 11.5 Å². The number of para-hydroxylation sites is 1. The van der Waals surface area contributed by atoms with Crippen LogP contribution in [0.5, 0.6) is 11.5 Å². The van der Waals surface area contributed by atoms with Crippen molar-refractivity contribution in [1.29, 1.82) is 0 Å². The molecule has 0 radical (unpaired) electrons. The normalized spacial score (nSPS) is 12.8. The Morgan fingerprint density at radius 1 is 1.00 bits per heavy atom. The molecule has 4 aromatic rings. The van der Waals surface area contributed by atoms with Gasteiger partial charge in [0, 0.05) is 24.1 Å². The van der Waals surface area contributed by atoms with Crippen LogP contribution in [0.1, 0.15) is 16.7 Å². The largest absolute Gasteiger partial charge is 0.456 e. The van der Waals surface area contributed by atoms with E-state index in [2.05, 4.69) is 0 Å². The highest BCUT2D eigenvalue weighted by molar-refractivity contribution is 7.90. The maximum Gasteiger partial charge on any atom is 0.275 e. The van der Waals surface area contributed by atoms with Crippen LogP contribution in [-0.2, 0) is 16.4 Å². The predicted molar refractivity (Wildman–Crippen MR) is 112 cm³/mol. The van der Waals surface area contributed by atoms with Crippen LogP contribution in [0.2, 0.25) is 0 Å². The highest BCUT2D eigenvalue weighted by atomic mass is 32.2. The zero-order valence-electron chi connectivity index (χ0n) is 15.9. The Morgan fingerprint density at radius 3 is 2.47 bits per heavy atom. The molecule has 2 heterocycles. The third-order valence-corrected chi connectivity index (χ3v) is 6.95. The minimum atomic E-state index is -3.95. The van der Waals surface area contributed by atoms with Gasteiger partial charge in [-0.3, -0.25) is 10.1 Å². The van der Waals surface area contributed by atoms with E-state index in [0.29, 0.717) is 17.6 Å². The van der Waals surface area contributed by atoms with Gasteiger partial charge in [0.1, 0.15) is 11.5 Å². The Bertz CT molecular complexity index is 1440. The monoisotopic (exact) mass is 420 g/mol. The number of benzene rings is 3.